The monoisotopic (exact) mass is 272 g/mol. The van der Waals surface area contributed by atoms with Crippen molar-refractivity contribution in [3.8, 4) is 0 Å². The summed E-state index contributed by atoms with van der Waals surface area (Å²) in [5, 5.41) is 3.53. The van der Waals surface area contributed by atoms with Crippen molar-refractivity contribution in [1.29, 1.82) is 0 Å². The average Bonchev–Trinajstić information content (AvgIpc) is 3.09. The Kier molecular flexibility index (Phi) is 3.79. The second kappa shape index (κ2) is 5.57. The number of hydrogen-bond acceptors (Lipinski definition) is 2. The molecule has 1 aromatic rings. The van der Waals surface area contributed by atoms with Crippen LogP contribution >= 0.6 is 0 Å². The first-order valence-electron chi connectivity index (χ1n) is 7.83. The lowest BCUT2D eigenvalue weighted by Crippen LogP contribution is -2.39. The lowest BCUT2D eigenvalue weighted by molar-refractivity contribution is -0.130. The third-order valence-corrected chi connectivity index (χ3v) is 4.66. The van der Waals surface area contributed by atoms with E-state index in [-0.39, 0.29) is 12.2 Å². The molecule has 4 unspecified atom stereocenters. The van der Waals surface area contributed by atoms with Gasteiger partial charge in [0.15, 0.2) is 0 Å². The number of benzene rings is 1. The van der Waals surface area contributed by atoms with Crippen LogP contribution in [0.2, 0.25) is 0 Å². The van der Waals surface area contributed by atoms with E-state index in [2.05, 4.69) is 48.3 Å². The highest BCUT2D eigenvalue weighted by atomic mass is 16.2. The first-order chi connectivity index (χ1) is 9.70. The molecule has 1 heterocycles. The van der Waals surface area contributed by atoms with Crippen LogP contribution in [0.15, 0.2) is 30.3 Å². The van der Waals surface area contributed by atoms with Crippen LogP contribution in [0.5, 0.6) is 0 Å². The summed E-state index contributed by atoms with van der Waals surface area (Å²) in [5.74, 6) is 1.00. The van der Waals surface area contributed by atoms with Gasteiger partial charge in [-0.15, -0.1) is 0 Å². The molecule has 0 bridgehead atoms. The SMILES string of the molecule is CCC1NC(CCc2ccccc2)C(=O)N1C1CC1C. The lowest BCUT2D eigenvalue weighted by atomic mass is 10.1. The molecule has 1 saturated heterocycles. The van der Waals surface area contributed by atoms with Crippen LogP contribution in [0.4, 0.5) is 0 Å². The van der Waals surface area contributed by atoms with Crippen molar-refractivity contribution in [2.75, 3.05) is 0 Å². The van der Waals surface area contributed by atoms with Crippen LogP contribution in [-0.4, -0.2) is 29.1 Å². The van der Waals surface area contributed by atoms with Crippen molar-refractivity contribution in [3.63, 3.8) is 0 Å². The van der Waals surface area contributed by atoms with Gasteiger partial charge in [0.05, 0.1) is 12.2 Å². The molecule has 20 heavy (non-hydrogen) atoms. The molecule has 3 rings (SSSR count). The van der Waals surface area contributed by atoms with Gasteiger partial charge in [0, 0.05) is 6.04 Å². The van der Waals surface area contributed by atoms with Crippen molar-refractivity contribution in [1.82, 2.24) is 10.2 Å². The van der Waals surface area contributed by atoms with Crippen LogP contribution in [0, 0.1) is 5.92 Å². The molecule has 2 fully saturated rings. The zero-order valence-electron chi connectivity index (χ0n) is 12.4. The maximum Gasteiger partial charge on any atom is 0.241 e. The van der Waals surface area contributed by atoms with E-state index in [1.54, 1.807) is 0 Å². The Morgan fingerprint density at radius 1 is 1.30 bits per heavy atom. The van der Waals surface area contributed by atoms with Gasteiger partial charge in [-0.25, -0.2) is 0 Å². The van der Waals surface area contributed by atoms with E-state index < -0.39 is 0 Å². The fraction of sp³-hybridized carbons (Fsp3) is 0.588. The number of hydrogen-bond donors (Lipinski definition) is 1. The lowest BCUT2D eigenvalue weighted by Gasteiger charge is -2.23. The highest BCUT2D eigenvalue weighted by Crippen LogP contribution is 2.38. The summed E-state index contributed by atoms with van der Waals surface area (Å²) in [6.07, 6.45) is 4.29. The first-order valence-corrected chi connectivity index (χ1v) is 7.83. The fourth-order valence-electron chi connectivity index (χ4n) is 3.28. The summed E-state index contributed by atoms with van der Waals surface area (Å²) >= 11 is 0. The maximum absolute atomic E-state index is 12.6. The Labute approximate surface area is 121 Å². The van der Waals surface area contributed by atoms with E-state index in [4.69, 9.17) is 0 Å². The molecule has 1 aliphatic carbocycles. The minimum absolute atomic E-state index is 0.00737. The van der Waals surface area contributed by atoms with Crippen LogP contribution in [0.1, 0.15) is 38.7 Å². The second-order valence-corrected chi connectivity index (χ2v) is 6.19. The molecule has 1 amide bonds. The first kappa shape index (κ1) is 13.6. The number of nitrogens with one attached hydrogen (secondary N) is 1. The summed E-state index contributed by atoms with van der Waals surface area (Å²) in [6, 6.07) is 10.9. The molecule has 1 aliphatic heterocycles. The number of aryl methyl sites for hydroxylation is 1. The molecular formula is C17H24N2O. The molecule has 3 nitrogen and oxygen atoms in total. The number of rotatable bonds is 5. The Balaban J connectivity index is 1.62. The van der Waals surface area contributed by atoms with Gasteiger partial charge < -0.3 is 4.90 Å². The molecular weight excluding hydrogens is 248 g/mol. The minimum atomic E-state index is 0.00737. The highest BCUT2D eigenvalue weighted by Gasteiger charge is 2.48. The van der Waals surface area contributed by atoms with Crippen LogP contribution in [-0.2, 0) is 11.2 Å². The Bertz CT molecular complexity index is 473. The predicted molar refractivity (Wildman–Crippen MR) is 80.2 cm³/mol. The third-order valence-electron chi connectivity index (χ3n) is 4.66. The summed E-state index contributed by atoms with van der Waals surface area (Å²) < 4.78 is 0. The van der Waals surface area contributed by atoms with Crippen molar-refractivity contribution >= 4 is 5.91 Å². The van der Waals surface area contributed by atoms with Crippen LogP contribution in [0.25, 0.3) is 0 Å². The number of carbonyl (C=O) groups excluding carboxylic acids is 1. The van der Waals surface area contributed by atoms with Gasteiger partial charge in [0.2, 0.25) is 5.91 Å². The molecule has 0 aromatic heterocycles. The zero-order valence-corrected chi connectivity index (χ0v) is 12.4. The number of carbonyl (C=O) groups is 1. The summed E-state index contributed by atoms with van der Waals surface area (Å²) in [4.78, 5) is 14.7. The summed E-state index contributed by atoms with van der Waals surface area (Å²) in [6.45, 7) is 4.40. The van der Waals surface area contributed by atoms with Crippen LogP contribution < -0.4 is 5.32 Å². The molecule has 1 N–H and O–H groups in total. The normalized spacial score (nSPS) is 32.7. The minimum Gasteiger partial charge on any atom is -0.323 e. The summed E-state index contributed by atoms with van der Waals surface area (Å²) in [5.41, 5.74) is 1.31. The standard InChI is InChI=1S/C17H24N2O/c1-3-16-18-14(10-9-13-7-5-4-6-8-13)17(20)19(16)15-11-12(15)2/h4-8,12,14-16,18H,3,9-11H2,1-2H3. The largest absolute Gasteiger partial charge is 0.323 e. The van der Waals surface area contributed by atoms with Gasteiger partial charge in [-0.3, -0.25) is 10.1 Å². The van der Waals surface area contributed by atoms with Gasteiger partial charge >= 0.3 is 0 Å². The van der Waals surface area contributed by atoms with Gasteiger partial charge in [-0.1, -0.05) is 44.2 Å². The highest BCUT2D eigenvalue weighted by molar-refractivity contribution is 5.85. The quantitative estimate of drug-likeness (QED) is 0.893. The molecule has 1 aromatic carbocycles. The molecule has 2 aliphatic rings. The average molecular weight is 272 g/mol. The smallest absolute Gasteiger partial charge is 0.241 e. The van der Waals surface area contributed by atoms with E-state index in [0.29, 0.717) is 17.9 Å². The van der Waals surface area contributed by atoms with E-state index >= 15 is 0 Å². The van der Waals surface area contributed by atoms with E-state index in [9.17, 15) is 4.79 Å². The molecule has 4 atom stereocenters. The Morgan fingerprint density at radius 2 is 2.00 bits per heavy atom. The molecule has 0 radical (unpaired) electrons. The van der Waals surface area contributed by atoms with Gasteiger partial charge in [-0.05, 0) is 37.2 Å². The van der Waals surface area contributed by atoms with Gasteiger partial charge in [-0.2, -0.15) is 0 Å². The molecule has 108 valence electrons. The Hall–Kier alpha value is -1.35. The number of amides is 1. The summed E-state index contributed by atoms with van der Waals surface area (Å²) in [7, 11) is 0. The maximum atomic E-state index is 12.6. The van der Waals surface area contributed by atoms with Crippen molar-refractivity contribution in [2.45, 2.75) is 57.8 Å². The van der Waals surface area contributed by atoms with Crippen molar-refractivity contribution < 1.29 is 4.79 Å². The second-order valence-electron chi connectivity index (χ2n) is 6.19. The zero-order chi connectivity index (χ0) is 14.1. The van der Waals surface area contributed by atoms with Gasteiger partial charge in [0.25, 0.3) is 0 Å². The molecule has 0 spiro atoms. The van der Waals surface area contributed by atoms with E-state index in [1.807, 2.05) is 6.07 Å². The topological polar surface area (TPSA) is 32.3 Å². The molecule has 1 saturated carbocycles. The van der Waals surface area contributed by atoms with Crippen LogP contribution in [0.3, 0.4) is 0 Å². The van der Waals surface area contributed by atoms with E-state index in [0.717, 1.165) is 19.3 Å². The predicted octanol–water partition coefficient (Wildman–Crippen LogP) is 2.56. The van der Waals surface area contributed by atoms with Crippen molar-refractivity contribution in [3.05, 3.63) is 35.9 Å². The fourth-order valence-corrected chi connectivity index (χ4v) is 3.28. The Morgan fingerprint density at radius 3 is 2.60 bits per heavy atom. The van der Waals surface area contributed by atoms with Crippen molar-refractivity contribution in [2.24, 2.45) is 5.92 Å². The van der Waals surface area contributed by atoms with E-state index in [1.165, 1.54) is 12.0 Å². The number of nitrogens with zero attached hydrogens (tertiary/aromatic N) is 1. The third kappa shape index (κ3) is 2.59. The van der Waals surface area contributed by atoms with Gasteiger partial charge in [0.1, 0.15) is 0 Å². The molecule has 3 heteroatoms.